The second-order valence-corrected chi connectivity index (χ2v) is 11.1. The summed E-state index contributed by atoms with van der Waals surface area (Å²) < 4.78 is 40.5. The lowest BCUT2D eigenvalue weighted by molar-refractivity contribution is -0.199. The van der Waals surface area contributed by atoms with Gasteiger partial charge in [-0.1, -0.05) is 37.3 Å². The van der Waals surface area contributed by atoms with Crippen LogP contribution < -0.4 is 5.73 Å². The highest BCUT2D eigenvalue weighted by atomic mass is 19.4. The summed E-state index contributed by atoms with van der Waals surface area (Å²) in [6.07, 6.45) is 1.57. The van der Waals surface area contributed by atoms with Crippen molar-refractivity contribution in [3.05, 3.63) is 35.9 Å². The van der Waals surface area contributed by atoms with E-state index in [1.807, 2.05) is 6.07 Å². The van der Waals surface area contributed by atoms with Crippen LogP contribution in [0.1, 0.15) is 57.4 Å². The molecule has 1 saturated heterocycles. The predicted molar refractivity (Wildman–Crippen MR) is 109 cm³/mol. The van der Waals surface area contributed by atoms with Crippen LogP contribution in [-0.2, 0) is 10.2 Å². The van der Waals surface area contributed by atoms with Crippen molar-refractivity contribution in [2.24, 2.45) is 28.4 Å². The highest BCUT2D eigenvalue weighted by Gasteiger charge is 2.65. The lowest BCUT2D eigenvalue weighted by atomic mass is 9.38. The molecule has 6 rings (SSSR count). The molecule has 0 spiro atoms. The number of nitrogens with zero attached hydrogens (tertiary/aromatic N) is 1. The van der Waals surface area contributed by atoms with Gasteiger partial charge in [0.2, 0.25) is 5.91 Å². The van der Waals surface area contributed by atoms with Crippen molar-refractivity contribution in [1.82, 2.24) is 4.90 Å². The van der Waals surface area contributed by atoms with E-state index >= 15 is 0 Å². The summed E-state index contributed by atoms with van der Waals surface area (Å²) in [5.74, 6) is -1.19. The Morgan fingerprint density at radius 2 is 1.83 bits per heavy atom. The molecule has 2 N–H and O–H groups in total. The van der Waals surface area contributed by atoms with E-state index in [2.05, 4.69) is 31.2 Å². The fraction of sp³-hybridized carbons (Fsp3) is 0.708. The average Bonchev–Trinajstić information content (AvgIpc) is 2.66. The summed E-state index contributed by atoms with van der Waals surface area (Å²) in [6.45, 7) is 2.35. The Hall–Kier alpha value is -1.56. The number of hydrogen-bond donors (Lipinski definition) is 1. The highest BCUT2D eigenvalue weighted by molar-refractivity contribution is 5.84. The molecule has 1 aliphatic heterocycles. The molecule has 6 heteroatoms. The number of likely N-dealkylation sites (tertiary alicyclic amines) is 1. The minimum Gasteiger partial charge on any atom is -0.341 e. The van der Waals surface area contributed by atoms with Crippen LogP contribution in [0.3, 0.4) is 0 Å². The van der Waals surface area contributed by atoms with Crippen molar-refractivity contribution in [3.63, 3.8) is 0 Å². The number of nitrogens with two attached hydrogens (primary N) is 1. The lowest BCUT2D eigenvalue weighted by Crippen LogP contribution is -2.64. The smallest absolute Gasteiger partial charge is 0.341 e. The van der Waals surface area contributed by atoms with Crippen molar-refractivity contribution in [2.45, 2.75) is 69.5 Å². The summed E-state index contributed by atoms with van der Waals surface area (Å²) in [6, 6.07) is 9.57. The second-order valence-electron chi connectivity index (χ2n) is 11.1. The molecule has 4 saturated carbocycles. The summed E-state index contributed by atoms with van der Waals surface area (Å²) in [4.78, 5) is 15.4. The van der Waals surface area contributed by atoms with Gasteiger partial charge in [-0.2, -0.15) is 13.2 Å². The van der Waals surface area contributed by atoms with E-state index in [0.717, 1.165) is 38.5 Å². The Bertz CT molecular complexity index is 843. The molecule has 4 aliphatic carbocycles. The molecule has 1 amide bonds. The van der Waals surface area contributed by atoms with E-state index in [0.29, 0.717) is 12.5 Å². The Morgan fingerprint density at radius 1 is 1.10 bits per heavy atom. The largest absolute Gasteiger partial charge is 0.394 e. The number of piperidine rings is 1. The summed E-state index contributed by atoms with van der Waals surface area (Å²) in [5, 5.41) is 0. The van der Waals surface area contributed by atoms with E-state index in [4.69, 9.17) is 5.73 Å². The number of amides is 1. The number of halogens is 3. The molecular formula is C24H31F3N2O. The first-order valence-electron chi connectivity index (χ1n) is 11.2. The van der Waals surface area contributed by atoms with Crippen LogP contribution in [0.25, 0.3) is 0 Å². The highest BCUT2D eigenvalue weighted by Crippen LogP contribution is 2.70. The summed E-state index contributed by atoms with van der Waals surface area (Å²) >= 11 is 0. The van der Waals surface area contributed by atoms with Gasteiger partial charge in [-0.15, -0.1) is 0 Å². The summed E-state index contributed by atoms with van der Waals surface area (Å²) in [5.41, 5.74) is 6.62. The maximum atomic E-state index is 13.9. The first-order chi connectivity index (χ1) is 14.0. The maximum Gasteiger partial charge on any atom is 0.394 e. The topological polar surface area (TPSA) is 46.3 Å². The second kappa shape index (κ2) is 6.47. The monoisotopic (exact) mass is 420 g/mol. The Labute approximate surface area is 176 Å². The first kappa shape index (κ1) is 20.3. The molecular weight excluding hydrogens is 389 g/mol. The molecule has 1 aromatic rings. The van der Waals surface area contributed by atoms with E-state index in [1.54, 1.807) is 0 Å². The maximum absolute atomic E-state index is 13.9. The predicted octanol–water partition coefficient (Wildman–Crippen LogP) is 4.65. The quantitative estimate of drug-likeness (QED) is 0.757. The van der Waals surface area contributed by atoms with E-state index in [9.17, 15) is 18.0 Å². The number of carbonyl (C=O) groups is 1. The van der Waals surface area contributed by atoms with E-state index in [-0.39, 0.29) is 29.7 Å². The normalized spacial score (nSPS) is 43.1. The van der Waals surface area contributed by atoms with Crippen LogP contribution in [0.5, 0.6) is 0 Å². The Morgan fingerprint density at radius 3 is 2.50 bits per heavy atom. The van der Waals surface area contributed by atoms with Gasteiger partial charge in [-0.3, -0.25) is 4.79 Å². The molecule has 0 aromatic heterocycles. The van der Waals surface area contributed by atoms with Crippen molar-refractivity contribution >= 4 is 5.91 Å². The molecule has 5 aliphatic rings. The van der Waals surface area contributed by atoms with Crippen LogP contribution in [0, 0.1) is 22.7 Å². The van der Waals surface area contributed by atoms with Gasteiger partial charge in [-0.05, 0) is 67.3 Å². The zero-order valence-corrected chi connectivity index (χ0v) is 17.5. The molecule has 6 atom stereocenters. The average molecular weight is 421 g/mol. The van der Waals surface area contributed by atoms with E-state index in [1.165, 1.54) is 10.5 Å². The number of alkyl halides is 3. The van der Waals surface area contributed by atoms with Crippen LogP contribution in [0.2, 0.25) is 0 Å². The third-order valence-electron chi connectivity index (χ3n) is 8.56. The van der Waals surface area contributed by atoms with E-state index < -0.39 is 23.6 Å². The van der Waals surface area contributed by atoms with Crippen molar-refractivity contribution in [3.8, 4) is 0 Å². The third kappa shape index (κ3) is 3.09. The van der Waals surface area contributed by atoms with Gasteiger partial charge in [0, 0.05) is 19.1 Å². The molecule has 1 heterocycles. The molecule has 30 heavy (non-hydrogen) atoms. The van der Waals surface area contributed by atoms with Gasteiger partial charge in [0.1, 0.15) is 0 Å². The third-order valence-corrected chi connectivity index (χ3v) is 8.56. The summed E-state index contributed by atoms with van der Waals surface area (Å²) in [7, 11) is 0. The number of rotatable bonds is 2. The number of carbonyl (C=O) groups excluding carboxylic acids is 1. The van der Waals surface area contributed by atoms with Gasteiger partial charge >= 0.3 is 6.18 Å². The first-order valence-corrected chi connectivity index (χ1v) is 11.2. The molecule has 4 unspecified atom stereocenters. The number of hydrogen-bond acceptors (Lipinski definition) is 2. The van der Waals surface area contributed by atoms with Gasteiger partial charge in [0.05, 0.1) is 11.3 Å². The van der Waals surface area contributed by atoms with Crippen LogP contribution >= 0.6 is 0 Å². The number of benzene rings is 1. The molecule has 4 bridgehead atoms. The lowest BCUT2D eigenvalue weighted by Gasteiger charge is -2.66. The van der Waals surface area contributed by atoms with Crippen molar-refractivity contribution in [2.75, 3.05) is 13.1 Å². The van der Waals surface area contributed by atoms with Crippen LogP contribution in [0.4, 0.5) is 13.2 Å². The molecule has 3 nitrogen and oxygen atoms in total. The zero-order chi connectivity index (χ0) is 21.4. The van der Waals surface area contributed by atoms with Crippen LogP contribution in [-0.4, -0.2) is 36.1 Å². The molecule has 1 aromatic carbocycles. The Balaban J connectivity index is 1.48. The fourth-order valence-corrected chi connectivity index (χ4v) is 8.11. The van der Waals surface area contributed by atoms with Crippen LogP contribution in [0.15, 0.2) is 30.3 Å². The van der Waals surface area contributed by atoms with Gasteiger partial charge < -0.3 is 10.6 Å². The van der Waals surface area contributed by atoms with Crippen molar-refractivity contribution in [1.29, 1.82) is 0 Å². The minimum absolute atomic E-state index is 0.0271. The van der Waals surface area contributed by atoms with Crippen molar-refractivity contribution < 1.29 is 18.0 Å². The Kier molecular flexibility index (Phi) is 4.39. The minimum atomic E-state index is -4.36. The fourth-order valence-electron chi connectivity index (χ4n) is 8.11. The molecule has 0 radical (unpaired) electrons. The molecule has 164 valence electrons. The standard InChI is InChI=1S/C24H31F3N2O/c1-21-9-16-10-22(13-21,17-5-3-2-4-6-17)15-23(11-16,14-21)20(30)29-8-7-19(28)18(12-29)24(25,26)27/h2-6,16,18-19H,7-15,28H2,1H3/t16?,18?,19?,21-,22-,23?/m1/s1. The van der Waals surface area contributed by atoms with Gasteiger partial charge in [-0.25, -0.2) is 0 Å². The SMILES string of the molecule is C[C@]12CC3CC(C(=O)N4CCC(N)C(C(F)(F)F)C4)(C1)C[C@@](c1ccccc1)(C3)C2. The van der Waals surface area contributed by atoms with Gasteiger partial charge in [0.15, 0.2) is 0 Å². The zero-order valence-electron chi connectivity index (χ0n) is 17.5. The van der Waals surface area contributed by atoms with Gasteiger partial charge in [0.25, 0.3) is 0 Å². The molecule has 5 fully saturated rings.